The van der Waals surface area contributed by atoms with Crippen LogP contribution in [0.5, 0.6) is 0 Å². The van der Waals surface area contributed by atoms with Crippen molar-refractivity contribution >= 4 is 23.3 Å². The predicted octanol–water partition coefficient (Wildman–Crippen LogP) is 4.39. The molecule has 2 aromatic carbocycles. The molecule has 1 aliphatic heterocycles. The zero-order valence-corrected chi connectivity index (χ0v) is 18.4. The maximum atomic E-state index is 13.7. The first-order valence-corrected chi connectivity index (χ1v) is 11.2. The lowest BCUT2D eigenvalue weighted by Gasteiger charge is -2.44. The second kappa shape index (κ2) is 8.35. The van der Waals surface area contributed by atoms with Gasteiger partial charge in [-0.05, 0) is 48.4 Å². The summed E-state index contributed by atoms with van der Waals surface area (Å²) in [5, 5.41) is 17.8. The van der Waals surface area contributed by atoms with Gasteiger partial charge in [0, 0.05) is 17.3 Å². The molecule has 4 atom stereocenters. The minimum Gasteiger partial charge on any atom is -0.359 e. The van der Waals surface area contributed by atoms with Crippen LogP contribution in [-0.4, -0.2) is 23.1 Å². The van der Waals surface area contributed by atoms with Crippen molar-refractivity contribution in [3.05, 3.63) is 59.7 Å². The molecule has 6 heteroatoms. The standard InChI is InChI=1S/C25H31N3O3/c1-4-18-12-14-19(15-13-18)28-24(30)27-22-10-6-5-9-20(22)25(28,31)23(29)26-21-11-7-8-16(2)17(21)3/h5-6,9-10,12-17,21,31H,4,7-8,11H2,1-3H3,(H,26,29)(H,27,30). The monoisotopic (exact) mass is 421 g/mol. The molecule has 0 aromatic heterocycles. The minimum atomic E-state index is -2.15. The molecule has 0 saturated heterocycles. The average molecular weight is 422 g/mol. The van der Waals surface area contributed by atoms with Gasteiger partial charge in [-0.3, -0.25) is 9.69 Å². The van der Waals surface area contributed by atoms with Gasteiger partial charge in [0.1, 0.15) is 0 Å². The Labute approximate surface area is 183 Å². The average Bonchev–Trinajstić information content (AvgIpc) is 2.77. The lowest BCUT2D eigenvalue weighted by atomic mass is 9.78. The number of urea groups is 1. The quantitative estimate of drug-likeness (QED) is 0.685. The van der Waals surface area contributed by atoms with Crippen molar-refractivity contribution in [2.45, 2.75) is 58.2 Å². The number of fused-ring (bicyclic) bond motifs is 1. The number of aryl methyl sites for hydroxylation is 1. The number of aliphatic hydroxyl groups is 1. The highest BCUT2D eigenvalue weighted by atomic mass is 16.3. The van der Waals surface area contributed by atoms with Crippen LogP contribution in [0.4, 0.5) is 16.2 Å². The summed E-state index contributed by atoms with van der Waals surface area (Å²) < 4.78 is 0. The third-order valence-electron chi connectivity index (χ3n) is 7.01. The van der Waals surface area contributed by atoms with Crippen molar-refractivity contribution in [2.75, 3.05) is 10.2 Å². The molecular formula is C25H31N3O3. The van der Waals surface area contributed by atoms with Gasteiger partial charge >= 0.3 is 6.03 Å². The van der Waals surface area contributed by atoms with E-state index in [9.17, 15) is 14.7 Å². The number of benzene rings is 2. The Balaban J connectivity index is 1.76. The van der Waals surface area contributed by atoms with E-state index in [1.54, 1.807) is 36.4 Å². The second-order valence-electron chi connectivity index (χ2n) is 8.85. The summed E-state index contributed by atoms with van der Waals surface area (Å²) in [5.74, 6) is 0.222. The normalized spacial score (nSPS) is 27.9. The van der Waals surface area contributed by atoms with E-state index in [0.717, 1.165) is 31.2 Å². The van der Waals surface area contributed by atoms with Crippen molar-refractivity contribution in [1.82, 2.24) is 5.32 Å². The smallest absolute Gasteiger partial charge is 0.329 e. The highest BCUT2D eigenvalue weighted by molar-refractivity contribution is 6.11. The fraction of sp³-hybridized carbons (Fsp3) is 0.440. The van der Waals surface area contributed by atoms with Crippen LogP contribution >= 0.6 is 0 Å². The van der Waals surface area contributed by atoms with E-state index in [-0.39, 0.29) is 6.04 Å². The molecule has 164 valence electrons. The molecule has 1 saturated carbocycles. The lowest BCUT2D eigenvalue weighted by molar-refractivity contribution is -0.141. The van der Waals surface area contributed by atoms with Crippen LogP contribution in [0.1, 0.15) is 51.2 Å². The third-order valence-corrected chi connectivity index (χ3v) is 7.01. The topological polar surface area (TPSA) is 81.7 Å². The Morgan fingerprint density at radius 2 is 1.87 bits per heavy atom. The van der Waals surface area contributed by atoms with Crippen LogP contribution in [0.25, 0.3) is 0 Å². The van der Waals surface area contributed by atoms with E-state index in [1.807, 2.05) is 12.1 Å². The summed E-state index contributed by atoms with van der Waals surface area (Å²) in [6, 6.07) is 13.7. The summed E-state index contributed by atoms with van der Waals surface area (Å²) in [5.41, 5.74) is 0.235. The molecule has 0 bridgehead atoms. The number of para-hydroxylation sites is 1. The van der Waals surface area contributed by atoms with Gasteiger partial charge in [0.25, 0.3) is 11.6 Å². The Hall–Kier alpha value is -2.86. The highest BCUT2D eigenvalue weighted by Crippen LogP contribution is 2.40. The van der Waals surface area contributed by atoms with E-state index in [0.29, 0.717) is 28.8 Å². The zero-order chi connectivity index (χ0) is 22.2. The second-order valence-corrected chi connectivity index (χ2v) is 8.85. The van der Waals surface area contributed by atoms with Gasteiger partial charge in [0.05, 0.1) is 5.69 Å². The van der Waals surface area contributed by atoms with Gasteiger partial charge in [-0.15, -0.1) is 0 Å². The molecule has 3 N–H and O–H groups in total. The van der Waals surface area contributed by atoms with E-state index in [2.05, 4.69) is 31.4 Å². The maximum absolute atomic E-state index is 13.7. The van der Waals surface area contributed by atoms with E-state index < -0.39 is 17.7 Å². The Bertz CT molecular complexity index is 974. The molecule has 1 heterocycles. The van der Waals surface area contributed by atoms with Gasteiger partial charge in [-0.25, -0.2) is 4.79 Å². The third kappa shape index (κ3) is 3.69. The van der Waals surface area contributed by atoms with E-state index >= 15 is 0 Å². The van der Waals surface area contributed by atoms with Gasteiger partial charge in [0.2, 0.25) is 0 Å². The molecule has 4 rings (SSSR count). The molecular weight excluding hydrogens is 390 g/mol. The summed E-state index contributed by atoms with van der Waals surface area (Å²) in [6.45, 7) is 6.39. The predicted molar refractivity (Wildman–Crippen MR) is 122 cm³/mol. The van der Waals surface area contributed by atoms with Crippen LogP contribution < -0.4 is 15.5 Å². The number of rotatable bonds is 4. The Morgan fingerprint density at radius 1 is 1.16 bits per heavy atom. The first-order valence-electron chi connectivity index (χ1n) is 11.2. The number of hydrogen-bond acceptors (Lipinski definition) is 3. The van der Waals surface area contributed by atoms with Crippen LogP contribution in [0, 0.1) is 11.8 Å². The number of nitrogens with one attached hydrogen (secondary N) is 2. The molecule has 0 radical (unpaired) electrons. The SMILES string of the molecule is CCc1ccc(N2C(=O)Nc3ccccc3C2(O)C(=O)NC2CCCC(C)C2C)cc1. The van der Waals surface area contributed by atoms with Crippen LogP contribution in [0.2, 0.25) is 0 Å². The first-order chi connectivity index (χ1) is 14.9. The van der Waals surface area contributed by atoms with Gasteiger partial charge in [0.15, 0.2) is 0 Å². The van der Waals surface area contributed by atoms with Crippen LogP contribution in [0.15, 0.2) is 48.5 Å². The molecule has 3 amide bonds. The van der Waals surface area contributed by atoms with Crippen molar-refractivity contribution in [3.63, 3.8) is 0 Å². The molecule has 4 unspecified atom stereocenters. The van der Waals surface area contributed by atoms with Crippen molar-refractivity contribution in [3.8, 4) is 0 Å². The molecule has 6 nitrogen and oxygen atoms in total. The summed E-state index contributed by atoms with van der Waals surface area (Å²) in [6.07, 6.45) is 3.90. The fourth-order valence-electron chi connectivity index (χ4n) is 4.80. The number of anilines is 2. The van der Waals surface area contributed by atoms with Crippen LogP contribution in [0.3, 0.4) is 0 Å². The molecule has 0 spiro atoms. The van der Waals surface area contributed by atoms with Crippen molar-refractivity contribution in [2.24, 2.45) is 11.8 Å². The fourth-order valence-corrected chi connectivity index (χ4v) is 4.80. The first kappa shape index (κ1) is 21.4. The lowest BCUT2D eigenvalue weighted by Crippen LogP contribution is -2.64. The van der Waals surface area contributed by atoms with Crippen molar-refractivity contribution in [1.29, 1.82) is 0 Å². The molecule has 31 heavy (non-hydrogen) atoms. The van der Waals surface area contributed by atoms with E-state index in [4.69, 9.17) is 0 Å². The minimum absolute atomic E-state index is 0.0401. The van der Waals surface area contributed by atoms with Gasteiger partial charge < -0.3 is 15.7 Å². The molecule has 1 fully saturated rings. The van der Waals surface area contributed by atoms with Crippen LogP contribution in [-0.2, 0) is 16.9 Å². The number of hydrogen-bond donors (Lipinski definition) is 3. The number of nitrogens with zero attached hydrogens (tertiary/aromatic N) is 1. The summed E-state index contributed by atoms with van der Waals surface area (Å²) in [7, 11) is 0. The van der Waals surface area contributed by atoms with Gasteiger partial charge in [-0.1, -0.05) is 63.9 Å². The molecule has 1 aliphatic carbocycles. The largest absolute Gasteiger partial charge is 0.359 e. The summed E-state index contributed by atoms with van der Waals surface area (Å²) in [4.78, 5) is 28.0. The Kier molecular flexibility index (Phi) is 5.75. The van der Waals surface area contributed by atoms with Crippen molar-refractivity contribution < 1.29 is 14.7 Å². The molecule has 2 aliphatic rings. The Morgan fingerprint density at radius 3 is 2.58 bits per heavy atom. The highest BCUT2D eigenvalue weighted by Gasteiger charge is 2.52. The summed E-state index contributed by atoms with van der Waals surface area (Å²) >= 11 is 0. The van der Waals surface area contributed by atoms with E-state index in [1.165, 1.54) is 4.90 Å². The molecule has 2 aromatic rings. The zero-order valence-electron chi connectivity index (χ0n) is 18.4. The number of carbonyl (C=O) groups excluding carboxylic acids is 2. The number of amides is 3. The number of carbonyl (C=O) groups is 2. The van der Waals surface area contributed by atoms with Gasteiger partial charge in [-0.2, -0.15) is 0 Å². The maximum Gasteiger partial charge on any atom is 0.329 e.